The van der Waals surface area contributed by atoms with Gasteiger partial charge in [-0.3, -0.25) is 20.2 Å². The van der Waals surface area contributed by atoms with Crippen molar-refractivity contribution in [1.82, 2.24) is 0 Å². The molecule has 0 aliphatic rings. The fourth-order valence-electron chi connectivity index (χ4n) is 1.69. The van der Waals surface area contributed by atoms with Crippen molar-refractivity contribution >= 4 is 54.0 Å². The molecule has 2 aromatic rings. The van der Waals surface area contributed by atoms with Crippen molar-refractivity contribution in [3.63, 3.8) is 0 Å². The Morgan fingerprint density at radius 3 is 1.39 bits per heavy atom. The Morgan fingerprint density at radius 1 is 0.778 bits per heavy atom. The SMILES string of the molecule is O=[N+]([O-])c1c(Br)ccc2c([N+](=O)[O-])c(Br)ccc12. The van der Waals surface area contributed by atoms with E-state index in [0.29, 0.717) is 0 Å². The van der Waals surface area contributed by atoms with Crippen molar-refractivity contribution in [3.8, 4) is 0 Å². The molecule has 0 atom stereocenters. The van der Waals surface area contributed by atoms with Gasteiger partial charge in [0.05, 0.1) is 29.6 Å². The second kappa shape index (κ2) is 4.62. The van der Waals surface area contributed by atoms with Crippen LogP contribution in [0.25, 0.3) is 10.8 Å². The van der Waals surface area contributed by atoms with Gasteiger partial charge in [-0.2, -0.15) is 0 Å². The normalized spacial score (nSPS) is 10.6. The topological polar surface area (TPSA) is 86.3 Å². The van der Waals surface area contributed by atoms with Crippen molar-refractivity contribution in [3.05, 3.63) is 53.4 Å². The molecule has 0 unspecified atom stereocenters. The number of fused-ring (bicyclic) bond motifs is 1. The van der Waals surface area contributed by atoms with Crippen molar-refractivity contribution in [1.29, 1.82) is 0 Å². The molecule has 0 aliphatic carbocycles. The predicted octanol–water partition coefficient (Wildman–Crippen LogP) is 4.18. The molecule has 8 heteroatoms. The van der Waals surface area contributed by atoms with Gasteiger partial charge in [-0.15, -0.1) is 0 Å². The Kier molecular flexibility index (Phi) is 3.31. The lowest BCUT2D eigenvalue weighted by Crippen LogP contribution is -1.95. The number of halogens is 2. The summed E-state index contributed by atoms with van der Waals surface area (Å²) < 4.78 is 0.577. The third kappa shape index (κ3) is 1.97. The van der Waals surface area contributed by atoms with Gasteiger partial charge in [-0.05, 0) is 56.1 Å². The van der Waals surface area contributed by atoms with Crippen LogP contribution in [0.5, 0.6) is 0 Å². The molecule has 0 spiro atoms. The maximum atomic E-state index is 11.0. The van der Waals surface area contributed by atoms with Crippen LogP contribution in [0.4, 0.5) is 11.4 Å². The molecule has 0 aromatic heterocycles. The van der Waals surface area contributed by atoms with E-state index in [2.05, 4.69) is 31.9 Å². The summed E-state index contributed by atoms with van der Waals surface area (Å²) in [5.74, 6) is 0. The Labute approximate surface area is 117 Å². The highest BCUT2D eigenvalue weighted by Crippen LogP contribution is 2.40. The summed E-state index contributed by atoms with van der Waals surface area (Å²) in [5, 5.41) is 22.4. The van der Waals surface area contributed by atoms with Gasteiger partial charge < -0.3 is 0 Å². The van der Waals surface area contributed by atoms with E-state index in [4.69, 9.17) is 0 Å². The quantitative estimate of drug-likeness (QED) is 0.581. The number of nitro benzene ring substituents is 2. The zero-order chi connectivity index (χ0) is 13.4. The molecule has 0 radical (unpaired) electrons. The summed E-state index contributed by atoms with van der Waals surface area (Å²) >= 11 is 6.15. The van der Waals surface area contributed by atoms with E-state index in [1.165, 1.54) is 24.3 Å². The van der Waals surface area contributed by atoms with Crippen LogP contribution < -0.4 is 0 Å². The molecular formula is C10H4Br2N2O4. The van der Waals surface area contributed by atoms with E-state index in [0.717, 1.165) is 0 Å². The lowest BCUT2D eigenvalue weighted by Gasteiger charge is -2.04. The standard InChI is InChI=1S/C10H4Br2N2O4/c11-7-3-1-5-6(10(7)14(17)18)2-4-8(12)9(5)13(15)16/h1-4H. The molecule has 0 N–H and O–H groups in total. The first-order valence-corrected chi connectivity index (χ1v) is 6.21. The number of hydrogen-bond donors (Lipinski definition) is 0. The molecule has 18 heavy (non-hydrogen) atoms. The highest BCUT2D eigenvalue weighted by Gasteiger charge is 2.24. The van der Waals surface area contributed by atoms with Crippen LogP contribution in [-0.4, -0.2) is 9.85 Å². The molecule has 0 fully saturated rings. The minimum atomic E-state index is -0.565. The van der Waals surface area contributed by atoms with E-state index in [9.17, 15) is 20.2 Å². The van der Waals surface area contributed by atoms with Gasteiger partial charge in [0.25, 0.3) is 11.4 Å². The van der Waals surface area contributed by atoms with Crippen molar-refractivity contribution < 1.29 is 9.85 Å². The van der Waals surface area contributed by atoms with Crippen LogP contribution in [0.1, 0.15) is 0 Å². The number of nitrogens with zero attached hydrogens (tertiary/aromatic N) is 2. The molecular weight excluding hydrogens is 372 g/mol. The van der Waals surface area contributed by atoms with Gasteiger partial charge in [-0.25, -0.2) is 0 Å². The number of hydrogen-bond acceptors (Lipinski definition) is 4. The smallest absolute Gasteiger partial charge is 0.258 e. The number of rotatable bonds is 2. The zero-order valence-electron chi connectivity index (χ0n) is 8.59. The highest BCUT2D eigenvalue weighted by atomic mass is 79.9. The molecule has 0 bridgehead atoms. The van der Waals surface area contributed by atoms with Crippen LogP contribution in [0, 0.1) is 20.2 Å². The maximum Gasteiger partial charge on any atom is 0.291 e. The summed E-state index contributed by atoms with van der Waals surface area (Å²) in [5.41, 5.74) is -0.355. The summed E-state index contributed by atoms with van der Waals surface area (Å²) in [7, 11) is 0. The first-order chi connectivity index (χ1) is 8.43. The summed E-state index contributed by atoms with van der Waals surface area (Å²) in [4.78, 5) is 20.9. The first kappa shape index (κ1) is 12.9. The molecule has 0 heterocycles. The fraction of sp³-hybridized carbons (Fsp3) is 0. The monoisotopic (exact) mass is 374 g/mol. The third-order valence-electron chi connectivity index (χ3n) is 2.41. The van der Waals surface area contributed by atoms with Crippen LogP contribution >= 0.6 is 31.9 Å². The zero-order valence-corrected chi connectivity index (χ0v) is 11.8. The van der Waals surface area contributed by atoms with Gasteiger partial charge >= 0.3 is 0 Å². The molecule has 0 aliphatic heterocycles. The molecule has 0 saturated heterocycles. The van der Waals surface area contributed by atoms with Gasteiger partial charge in [0.2, 0.25) is 0 Å². The molecule has 2 rings (SSSR count). The van der Waals surface area contributed by atoms with Crippen molar-refractivity contribution in [2.75, 3.05) is 0 Å². The maximum absolute atomic E-state index is 11.0. The average molecular weight is 376 g/mol. The van der Waals surface area contributed by atoms with Crippen LogP contribution in [0.3, 0.4) is 0 Å². The minimum absolute atomic E-state index is 0.178. The second-order valence-corrected chi connectivity index (χ2v) is 5.11. The molecule has 6 nitrogen and oxygen atoms in total. The highest BCUT2D eigenvalue weighted by molar-refractivity contribution is 9.11. The lowest BCUT2D eigenvalue weighted by molar-refractivity contribution is -0.385. The van der Waals surface area contributed by atoms with E-state index in [1.807, 2.05) is 0 Å². The molecule has 2 aromatic carbocycles. The third-order valence-corrected chi connectivity index (χ3v) is 3.69. The summed E-state index contributed by atoms with van der Waals surface area (Å²) in [6.07, 6.45) is 0. The Balaban J connectivity index is 2.98. The van der Waals surface area contributed by atoms with Gasteiger partial charge in [0.1, 0.15) is 0 Å². The van der Waals surface area contributed by atoms with Gasteiger partial charge in [-0.1, -0.05) is 0 Å². The minimum Gasteiger partial charge on any atom is -0.258 e. The summed E-state index contributed by atoms with van der Waals surface area (Å²) in [6, 6.07) is 5.82. The van der Waals surface area contributed by atoms with Gasteiger partial charge in [0.15, 0.2) is 0 Å². The van der Waals surface area contributed by atoms with E-state index >= 15 is 0 Å². The number of nitro groups is 2. The second-order valence-electron chi connectivity index (χ2n) is 3.40. The lowest BCUT2D eigenvalue weighted by atomic mass is 10.1. The Hall–Kier alpha value is -1.54. The fourth-order valence-corrected chi connectivity index (χ4v) is 2.67. The van der Waals surface area contributed by atoms with E-state index < -0.39 is 9.85 Å². The average Bonchev–Trinajstić information content (AvgIpc) is 2.27. The molecule has 0 saturated carbocycles. The van der Waals surface area contributed by atoms with Crippen LogP contribution in [-0.2, 0) is 0 Å². The van der Waals surface area contributed by atoms with Gasteiger partial charge in [0, 0.05) is 0 Å². The first-order valence-electron chi connectivity index (χ1n) is 4.63. The summed E-state index contributed by atoms with van der Waals surface area (Å²) in [6.45, 7) is 0. The Bertz CT molecular complexity index is 628. The largest absolute Gasteiger partial charge is 0.291 e. The molecule has 92 valence electrons. The molecule has 0 amide bonds. The van der Waals surface area contributed by atoms with Crippen LogP contribution in [0.15, 0.2) is 33.2 Å². The van der Waals surface area contributed by atoms with E-state index in [1.54, 1.807) is 0 Å². The number of benzene rings is 2. The van der Waals surface area contributed by atoms with Crippen molar-refractivity contribution in [2.45, 2.75) is 0 Å². The van der Waals surface area contributed by atoms with E-state index in [-0.39, 0.29) is 31.1 Å². The predicted molar refractivity (Wildman–Crippen MR) is 72.7 cm³/mol. The van der Waals surface area contributed by atoms with Crippen molar-refractivity contribution in [2.24, 2.45) is 0 Å². The Morgan fingerprint density at radius 2 is 1.11 bits per heavy atom. The van der Waals surface area contributed by atoms with Crippen LogP contribution in [0.2, 0.25) is 0 Å².